The Kier molecular flexibility index (Phi) is 2.43. The van der Waals surface area contributed by atoms with Crippen molar-refractivity contribution >= 4 is 0 Å². The fourth-order valence-corrected chi connectivity index (χ4v) is 2.35. The normalized spacial score (nSPS) is 13.4. The van der Waals surface area contributed by atoms with E-state index >= 15 is 0 Å². The molecule has 86 valence electrons. The van der Waals surface area contributed by atoms with Crippen molar-refractivity contribution in [3.8, 4) is 11.3 Å². The number of benzene rings is 1. The highest BCUT2D eigenvalue weighted by atomic mass is 14.9. The maximum atomic E-state index is 4.74. The summed E-state index contributed by atoms with van der Waals surface area (Å²) >= 11 is 0. The van der Waals surface area contributed by atoms with E-state index in [1.807, 2.05) is 6.20 Å². The van der Waals surface area contributed by atoms with E-state index in [9.17, 15) is 0 Å². The molecular formula is C15H16N2. The van der Waals surface area contributed by atoms with Crippen LogP contribution in [0.2, 0.25) is 0 Å². The SMILES string of the molecule is CC(C)c1ncc2c(n1)-c1ccccc1CC2. The van der Waals surface area contributed by atoms with Crippen molar-refractivity contribution in [1.82, 2.24) is 9.97 Å². The minimum absolute atomic E-state index is 0.384. The molecule has 1 aromatic carbocycles. The third kappa shape index (κ3) is 1.74. The summed E-state index contributed by atoms with van der Waals surface area (Å²) in [5, 5.41) is 0. The Morgan fingerprint density at radius 1 is 1.06 bits per heavy atom. The quantitative estimate of drug-likeness (QED) is 0.742. The number of hydrogen-bond donors (Lipinski definition) is 0. The van der Waals surface area contributed by atoms with Crippen LogP contribution in [-0.2, 0) is 12.8 Å². The highest BCUT2D eigenvalue weighted by Crippen LogP contribution is 2.31. The molecule has 1 heterocycles. The minimum atomic E-state index is 0.384. The molecule has 0 saturated heterocycles. The van der Waals surface area contributed by atoms with Crippen molar-refractivity contribution in [2.75, 3.05) is 0 Å². The zero-order valence-electron chi connectivity index (χ0n) is 10.3. The van der Waals surface area contributed by atoms with E-state index in [2.05, 4.69) is 43.1 Å². The van der Waals surface area contributed by atoms with Crippen molar-refractivity contribution in [2.24, 2.45) is 0 Å². The molecule has 0 fully saturated rings. The first-order chi connectivity index (χ1) is 8.25. The summed E-state index contributed by atoms with van der Waals surface area (Å²) in [5.41, 5.74) is 5.13. The zero-order chi connectivity index (χ0) is 11.8. The maximum Gasteiger partial charge on any atom is 0.131 e. The molecule has 0 atom stereocenters. The Bertz CT molecular complexity index is 559. The Morgan fingerprint density at radius 2 is 1.82 bits per heavy atom. The Hall–Kier alpha value is -1.70. The van der Waals surface area contributed by atoms with Gasteiger partial charge in [-0.15, -0.1) is 0 Å². The number of hydrogen-bond acceptors (Lipinski definition) is 2. The smallest absolute Gasteiger partial charge is 0.131 e. The topological polar surface area (TPSA) is 25.8 Å². The van der Waals surface area contributed by atoms with E-state index in [1.165, 1.54) is 16.7 Å². The summed E-state index contributed by atoms with van der Waals surface area (Å²) in [6, 6.07) is 8.57. The first-order valence-electron chi connectivity index (χ1n) is 6.20. The molecule has 2 nitrogen and oxygen atoms in total. The molecule has 0 radical (unpaired) electrons. The van der Waals surface area contributed by atoms with Gasteiger partial charge >= 0.3 is 0 Å². The van der Waals surface area contributed by atoms with Gasteiger partial charge in [-0.25, -0.2) is 9.97 Å². The molecule has 0 unspecified atom stereocenters. The molecule has 17 heavy (non-hydrogen) atoms. The lowest BCUT2D eigenvalue weighted by atomic mass is 9.90. The van der Waals surface area contributed by atoms with E-state index < -0.39 is 0 Å². The van der Waals surface area contributed by atoms with Gasteiger partial charge in [0.1, 0.15) is 5.82 Å². The van der Waals surface area contributed by atoms with Crippen LogP contribution in [0.3, 0.4) is 0 Å². The Balaban J connectivity index is 2.19. The van der Waals surface area contributed by atoms with Gasteiger partial charge in [0.05, 0.1) is 5.69 Å². The number of nitrogens with zero attached hydrogens (tertiary/aromatic N) is 2. The largest absolute Gasteiger partial charge is 0.241 e. The second kappa shape index (κ2) is 3.95. The summed E-state index contributed by atoms with van der Waals surface area (Å²) < 4.78 is 0. The van der Waals surface area contributed by atoms with Crippen LogP contribution in [0.25, 0.3) is 11.3 Å². The van der Waals surface area contributed by atoms with Crippen LogP contribution in [0.4, 0.5) is 0 Å². The van der Waals surface area contributed by atoms with Crippen molar-refractivity contribution in [3.05, 3.63) is 47.4 Å². The first-order valence-corrected chi connectivity index (χ1v) is 6.20. The van der Waals surface area contributed by atoms with Crippen LogP contribution in [0, 0.1) is 0 Å². The van der Waals surface area contributed by atoms with Gasteiger partial charge in [-0.3, -0.25) is 0 Å². The number of aryl methyl sites for hydroxylation is 2. The second-order valence-electron chi connectivity index (χ2n) is 4.91. The van der Waals surface area contributed by atoms with Gasteiger partial charge in [-0.05, 0) is 24.0 Å². The summed E-state index contributed by atoms with van der Waals surface area (Å²) in [6.45, 7) is 4.27. The molecule has 0 aliphatic heterocycles. The third-order valence-electron chi connectivity index (χ3n) is 3.34. The van der Waals surface area contributed by atoms with E-state index in [-0.39, 0.29) is 0 Å². The number of fused-ring (bicyclic) bond motifs is 3. The van der Waals surface area contributed by atoms with Crippen LogP contribution < -0.4 is 0 Å². The van der Waals surface area contributed by atoms with E-state index in [4.69, 9.17) is 4.98 Å². The molecule has 1 aliphatic carbocycles. The van der Waals surface area contributed by atoms with Crippen LogP contribution in [-0.4, -0.2) is 9.97 Å². The van der Waals surface area contributed by atoms with Crippen molar-refractivity contribution < 1.29 is 0 Å². The van der Waals surface area contributed by atoms with Crippen LogP contribution >= 0.6 is 0 Å². The molecule has 0 amide bonds. The van der Waals surface area contributed by atoms with Gasteiger partial charge < -0.3 is 0 Å². The number of rotatable bonds is 1. The first kappa shape index (κ1) is 10.5. The van der Waals surface area contributed by atoms with Crippen LogP contribution in [0.1, 0.15) is 36.7 Å². The van der Waals surface area contributed by atoms with Gasteiger partial charge in [0, 0.05) is 17.7 Å². The standard InChI is InChI=1S/C15H16N2/c1-10(2)15-16-9-12-8-7-11-5-3-4-6-13(11)14(12)17-15/h3-6,9-10H,7-8H2,1-2H3. The predicted molar refractivity (Wildman–Crippen MR) is 69.0 cm³/mol. The zero-order valence-corrected chi connectivity index (χ0v) is 10.3. The van der Waals surface area contributed by atoms with E-state index in [1.54, 1.807) is 0 Å². The maximum absolute atomic E-state index is 4.74. The third-order valence-corrected chi connectivity index (χ3v) is 3.34. The summed E-state index contributed by atoms with van der Waals surface area (Å²) in [6.07, 6.45) is 4.17. The molecule has 0 bridgehead atoms. The van der Waals surface area contributed by atoms with Gasteiger partial charge in [0.15, 0.2) is 0 Å². The predicted octanol–water partition coefficient (Wildman–Crippen LogP) is 3.37. The second-order valence-corrected chi connectivity index (χ2v) is 4.91. The van der Waals surface area contributed by atoms with Crippen LogP contribution in [0.15, 0.2) is 30.5 Å². The highest BCUT2D eigenvalue weighted by Gasteiger charge is 2.18. The molecule has 1 aliphatic rings. The highest BCUT2D eigenvalue weighted by molar-refractivity contribution is 5.69. The molecule has 3 rings (SSSR count). The van der Waals surface area contributed by atoms with Crippen molar-refractivity contribution in [2.45, 2.75) is 32.6 Å². The molecule has 0 spiro atoms. The molecule has 1 aromatic heterocycles. The average molecular weight is 224 g/mol. The van der Waals surface area contributed by atoms with Gasteiger partial charge in [0.2, 0.25) is 0 Å². The Morgan fingerprint density at radius 3 is 2.65 bits per heavy atom. The summed E-state index contributed by atoms with van der Waals surface area (Å²) in [7, 11) is 0. The lowest BCUT2D eigenvalue weighted by Crippen LogP contribution is -2.09. The van der Waals surface area contributed by atoms with Crippen LogP contribution in [0.5, 0.6) is 0 Å². The molecular weight excluding hydrogens is 208 g/mol. The van der Waals surface area contributed by atoms with Gasteiger partial charge in [-0.2, -0.15) is 0 Å². The molecule has 0 saturated carbocycles. The average Bonchev–Trinajstić information content (AvgIpc) is 2.38. The van der Waals surface area contributed by atoms with Gasteiger partial charge in [0.25, 0.3) is 0 Å². The van der Waals surface area contributed by atoms with Gasteiger partial charge in [-0.1, -0.05) is 38.1 Å². The lowest BCUT2D eigenvalue weighted by Gasteiger charge is -2.19. The van der Waals surface area contributed by atoms with Crippen molar-refractivity contribution in [1.29, 1.82) is 0 Å². The molecule has 2 aromatic rings. The van der Waals surface area contributed by atoms with Crippen molar-refractivity contribution in [3.63, 3.8) is 0 Å². The minimum Gasteiger partial charge on any atom is -0.241 e. The Labute approximate surface area is 102 Å². The van der Waals surface area contributed by atoms with E-state index in [0.717, 1.165) is 24.4 Å². The van der Waals surface area contributed by atoms with E-state index in [0.29, 0.717) is 5.92 Å². The fraction of sp³-hybridized carbons (Fsp3) is 0.333. The fourth-order valence-electron chi connectivity index (χ4n) is 2.35. The summed E-state index contributed by atoms with van der Waals surface area (Å²) in [5.74, 6) is 1.33. The summed E-state index contributed by atoms with van der Waals surface area (Å²) in [4.78, 5) is 9.20. The molecule has 0 N–H and O–H groups in total. The number of aromatic nitrogens is 2. The molecule has 2 heteroatoms. The monoisotopic (exact) mass is 224 g/mol. The lowest BCUT2D eigenvalue weighted by molar-refractivity contribution is 0.763.